The van der Waals surface area contributed by atoms with Gasteiger partial charge in [-0.25, -0.2) is 10.3 Å². The lowest BCUT2D eigenvalue weighted by Crippen LogP contribution is -2.43. The van der Waals surface area contributed by atoms with Crippen LogP contribution < -0.4 is 10.8 Å². The molecule has 0 bridgehead atoms. The van der Waals surface area contributed by atoms with E-state index in [2.05, 4.69) is 15.7 Å². The second kappa shape index (κ2) is 7.59. The quantitative estimate of drug-likeness (QED) is 0.580. The number of amides is 2. The highest BCUT2D eigenvalue weighted by Crippen LogP contribution is 2.17. The van der Waals surface area contributed by atoms with E-state index in [-0.39, 0.29) is 6.03 Å². The topological polar surface area (TPSA) is 53.6 Å². The molecule has 0 spiro atoms. The van der Waals surface area contributed by atoms with Crippen molar-refractivity contribution < 1.29 is 9.63 Å². The molecule has 104 valence electrons. The molecule has 5 heteroatoms. The molecule has 1 saturated heterocycles. The molecule has 2 aliphatic rings. The van der Waals surface area contributed by atoms with E-state index >= 15 is 0 Å². The number of likely N-dealkylation sites (tertiary alicyclic amines) is 1. The highest BCUT2D eigenvalue weighted by atomic mass is 16.7. The third-order valence-electron chi connectivity index (χ3n) is 3.81. The van der Waals surface area contributed by atoms with Crippen LogP contribution >= 0.6 is 0 Å². The van der Waals surface area contributed by atoms with Gasteiger partial charge in [0, 0.05) is 12.6 Å². The van der Waals surface area contributed by atoms with Crippen molar-refractivity contribution in [3.05, 3.63) is 0 Å². The Morgan fingerprint density at radius 2 is 1.83 bits per heavy atom. The van der Waals surface area contributed by atoms with Gasteiger partial charge < -0.3 is 10.2 Å². The van der Waals surface area contributed by atoms with Gasteiger partial charge >= 0.3 is 6.03 Å². The van der Waals surface area contributed by atoms with Gasteiger partial charge in [-0.3, -0.25) is 4.84 Å². The summed E-state index contributed by atoms with van der Waals surface area (Å²) in [4.78, 5) is 19.1. The standard InChI is InChI=1S/C13H25N3O2/c17-13(14-12-6-2-1-3-7-12)15-18-11-10-16-8-4-5-9-16/h12H,1-11H2,(H2,14,15,17). The van der Waals surface area contributed by atoms with Gasteiger partial charge in [0.05, 0.1) is 6.61 Å². The lowest BCUT2D eigenvalue weighted by molar-refractivity contribution is 0.0473. The van der Waals surface area contributed by atoms with Crippen molar-refractivity contribution >= 4 is 6.03 Å². The van der Waals surface area contributed by atoms with E-state index in [1.165, 1.54) is 32.1 Å². The van der Waals surface area contributed by atoms with Crippen LogP contribution in [0.1, 0.15) is 44.9 Å². The van der Waals surface area contributed by atoms with Gasteiger partial charge in [-0.1, -0.05) is 19.3 Å². The molecule has 0 atom stereocenters. The van der Waals surface area contributed by atoms with Crippen molar-refractivity contribution in [1.82, 2.24) is 15.7 Å². The summed E-state index contributed by atoms with van der Waals surface area (Å²) in [5.74, 6) is 0. The van der Waals surface area contributed by atoms with Gasteiger partial charge in [0.15, 0.2) is 0 Å². The minimum atomic E-state index is -0.191. The molecule has 0 radical (unpaired) electrons. The van der Waals surface area contributed by atoms with Crippen molar-refractivity contribution in [3.63, 3.8) is 0 Å². The first-order valence-corrected chi connectivity index (χ1v) is 7.25. The molecule has 2 fully saturated rings. The summed E-state index contributed by atoms with van der Waals surface area (Å²) < 4.78 is 0. The van der Waals surface area contributed by atoms with Crippen molar-refractivity contribution in [1.29, 1.82) is 0 Å². The fourth-order valence-corrected chi connectivity index (χ4v) is 2.76. The van der Waals surface area contributed by atoms with Crippen LogP contribution in [0.15, 0.2) is 0 Å². The van der Waals surface area contributed by atoms with Crippen molar-refractivity contribution in [2.75, 3.05) is 26.2 Å². The SMILES string of the molecule is O=C(NOCCN1CCCC1)NC1CCCCC1. The van der Waals surface area contributed by atoms with Crippen LogP contribution in [0.2, 0.25) is 0 Å². The van der Waals surface area contributed by atoms with Crippen LogP contribution in [0.5, 0.6) is 0 Å². The Hall–Kier alpha value is -0.810. The number of nitrogens with zero attached hydrogens (tertiary/aromatic N) is 1. The van der Waals surface area contributed by atoms with Gasteiger partial charge in [0.1, 0.15) is 0 Å². The Morgan fingerprint density at radius 1 is 1.11 bits per heavy atom. The van der Waals surface area contributed by atoms with E-state index in [1.54, 1.807) is 0 Å². The van der Waals surface area contributed by atoms with E-state index in [4.69, 9.17) is 4.84 Å². The van der Waals surface area contributed by atoms with Gasteiger partial charge in [0.25, 0.3) is 0 Å². The maximum atomic E-state index is 11.5. The van der Waals surface area contributed by atoms with Crippen LogP contribution in [-0.4, -0.2) is 43.2 Å². The first-order chi connectivity index (χ1) is 8.84. The maximum Gasteiger partial charge on any atom is 0.338 e. The fourth-order valence-electron chi connectivity index (χ4n) is 2.76. The van der Waals surface area contributed by atoms with Crippen LogP contribution in [0, 0.1) is 0 Å². The summed E-state index contributed by atoms with van der Waals surface area (Å²) >= 11 is 0. The van der Waals surface area contributed by atoms with Gasteiger partial charge in [-0.05, 0) is 38.8 Å². The molecule has 2 rings (SSSR count). The average Bonchev–Trinajstić information content (AvgIpc) is 2.89. The Bertz CT molecular complexity index is 249. The number of carbonyl (C=O) groups is 1. The van der Waals surface area contributed by atoms with E-state index < -0.39 is 0 Å². The average molecular weight is 255 g/mol. The summed E-state index contributed by atoms with van der Waals surface area (Å²) in [6.07, 6.45) is 8.52. The fraction of sp³-hybridized carbons (Fsp3) is 0.923. The van der Waals surface area contributed by atoms with E-state index in [9.17, 15) is 4.79 Å². The first kappa shape index (κ1) is 13.6. The number of urea groups is 1. The molecular weight excluding hydrogens is 230 g/mol. The smallest absolute Gasteiger partial charge is 0.334 e. The number of carbonyl (C=O) groups excluding carboxylic acids is 1. The van der Waals surface area contributed by atoms with Crippen LogP contribution in [0.3, 0.4) is 0 Å². The minimum Gasteiger partial charge on any atom is -0.334 e. The predicted molar refractivity (Wildman–Crippen MR) is 70.2 cm³/mol. The zero-order chi connectivity index (χ0) is 12.6. The summed E-state index contributed by atoms with van der Waals surface area (Å²) in [5.41, 5.74) is 2.48. The number of nitrogens with one attached hydrogen (secondary N) is 2. The number of rotatable bonds is 5. The lowest BCUT2D eigenvalue weighted by Gasteiger charge is -2.22. The summed E-state index contributed by atoms with van der Waals surface area (Å²) in [6, 6.07) is 0.143. The number of hydrogen-bond acceptors (Lipinski definition) is 3. The van der Waals surface area contributed by atoms with Gasteiger partial charge in [-0.15, -0.1) is 0 Å². The summed E-state index contributed by atoms with van der Waals surface area (Å²) in [7, 11) is 0. The molecule has 1 saturated carbocycles. The molecule has 0 unspecified atom stereocenters. The van der Waals surface area contributed by atoms with Crippen molar-refractivity contribution in [2.45, 2.75) is 51.0 Å². The van der Waals surface area contributed by atoms with Crippen LogP contribution in [0.25, 0.3) is 0 Å². The molecule has 18 heavy (non-hydrogen) atoms. The zero-order valence-electron chi connectivity index (χ0n) is 11.1. The molecule has 0 aromatic carbocycles. The normalized spacial score (nSPS) is 22.0. The Kier molecular flexibility index (Phi) is 5.74. The monoisotopic (exact) mass is 255 g/mol. The summed E-state index contributed by atoms with van der Waals surface area (Å²) in [5, 5.41) is 2.96. The van der Waals surface area contributed by atoms with E-state index in [1.807, 2.05) is 0 Å². The molecule has 2 N–H and O–H groups in total. The Morgan fingerprint density at radius 3 is 2.56 bits per heavy atom. The predicted octanol–water partition coefficient (Wildman–Crippen LogP) is 1.65. The second-order valence-electron chi connectivity index (χ2n) is 5.31. The largest absolute Gasteiger partial charge is 0.338 e. The molecule has 1 aliphatic carbocycles. The van der Waals surface area contributed by atoms with E-state index in [0.717, 1.165) is 32.5 Å². The molecule has 1 aliphatic heterocycles. The minimum absolute atomic E-state index is 0.191. The third-order valence-corrected chi connectivity index (χ3v) is 3.81. The summed E-state index contributed by atoms with van der Waals surface area (Å²) in [6.45, 7) is 3.80. The van der Waals surface area contributed by atoms with Gasteiger partial charge in [0.2, 0.25) is 0 Å². The lowest BCUT2D eigenvalue weighted by atomic mass is 9.96. The second-order valence-corrected chi connectivity index (χ2v) is 5.31. The number of hydroxylamine groups is 1. The highest BCUT2D eigenvalue weighted by Gasteiger charge is 2.15. The van der Waals surface area contributed by atoms with Crippen LogP contribution in [0.4, 0.5) is 4.79 Å². The van der Waals surface area contributed by atoms with E-state index in [0.29, 0.717) is 12.6 Å². The maximum absolute atomic E-state index is 11.5. The number of hydrogen-bond donors (Lipinski definition) is 2. The molecule has 2 amide bonds. The molecule has 5 nitrogen and oxygen atoms in total. The highest BCUT2D eigenvalue weighted by molar-refractivity contribution is 5.72. The molecular formula is C13H25N3O2. The molecule has 0 aromatic heterocycles. The zero-order valence-corrected chi connectivity index (χ0v) is 11.1. The Balaban J connectivity index is 1.48. The van der Waals surface area contributed by atoms with Crippen LogP contribution in [-0.2, 0) is 4.84 Å². The molecule has 0 aromatic rings. The first-order valence-electron chi connectivity index (χ1n) is 7.25. The van der Waals surface area contributed by atoms with Crippen molar-refractivity contribution in [3.8, 4) is 0 Å². The van der Waals surface area contributed by atoms with Gasteiger partial charge in [-0.2, -0.15) is 0 Å². The third kappa shape index (κ3) is 4.82. The van der Waals surface area contributed by atoms with Crippen molar-refractivity contribution in [2.24, 2.45) is 0 Å². The molecule has 1 heterocycles. The Labute approximate surface area is 109 Å².